The molecule has 2 N–H and O–H groups in total. The number of amides is 1. The van der Waals surface area contributed by atoms with Gasteiger partial charge >= 0.3 is 0 Å². The fraction of sp³-hybridized carbons (Fsp3) is 0.267. The second-order valence-corrected chi connectivity index (χ2v) is 4.96. The van der Waals surface area contributed by atoms with Gasteiger partial charge in [0.1, 0.15) is 11.5 Å². The number of likely N-dealkylation sites (N-methyl/N-ethyl adjacent to an activating group) is 1. The molecule has 7 heteroatoms. The third-order valence-corrected chi connectivity index (χ3v) is 2.83. The van der Waals surface area contributed by atoms with Crippen molar-refractivity contribution in [3.05, 3.63) is 48.0 Å². The Balaban J connectivity index is 2.00. The monoisotopic (exact) mass is 303 g/mol. The van der Waals surface area contributed by atoms with Gasteiger partial charge in [-0.3, -0.25) is 4.79 Å². The maximum absolute atomic E-state index is 12.9. The molecule has 0 unspecified atom stereocenters. The Hall–Kier alpha value is -2.54. The Kier molecular flexibility index (Phi) is 5.37. The average Bonchev–Trinajstić information content (AvgIpc) is 2.49. The molecule has 0 atom stereocenters. The molecule has 0 radical (unpaired) electrons. The lowest BCUT2D eigenvalue weighted by Gasteiger charge is -2.10. The number of carbonyl (C=O) groups excluding carboxylic acids is 1. The van der Waals surface area contributed by atoms with Gasteiger partial charge in [0.15, 0.2) is 0 Å². The molecule has 0 aliphatic rings. The van der Waals surface area contributed by atoms with Crippen molar-refractivity contribution >= 4 is 17.5 Å². The SMILES string of the molecule is CN(C)CCNC(=O)c1ccnc(Nc2ccc(F)cc2)n1. The Morgan fingerprint density at radius 3 is 2.64 bits per heavy atom. The van der Waals surface area contributed by atoms with Crippen LogP contribution in [0, 0.1) is 5.82 Å². The van der Waals surface area contributed by atoms with Crippen LogP contribution in [0.5, 0.6) is 0 Å². The van der Waals surface area contributed by atoms with Crippen molar-refractivity contribution in [2.75, 3.05) is 32.5 Å². The van der Waals surface area contributed by atoms with Crippen LogP contribution in [0.3, 0.4) is 0 Å². The Morgan fingerprint density at radius 1 is 1.23 bits per heavy atom. The number of halogens is 1. The van der Waals surface area contributed by atoms with Crippen LogP contribution in [0.4, 0.5) is 16.0 Å². The normalized spacial score (nSPS) is 10.5. The molecule has 0 spiro atoms. The first-order valence-electron chi connectivity index (χ1n) is 6.83. The van der Waals surface area contributed by atoms with E-state index in [1.807, 2.05) is 19.0 Å². The van der Waals surface area contributed by atoms with Crippen molar-refractivity contribution in [3.63, 3.8) is 0 Å². The third kappa shape index (κ3) is 4.78. The highest BCUT2D eigenvalue weighted by Gasteiger charge is 2.08. The predicted octanol–water partition coefficient (Wildman–Crippen LogP) is 1.65. The molecule has 116 valence electrons. The first-order chi connectivity index (χ1) is 10.5. The van der Waals surface area contributed by atoms with Gasteiger partial charge in [-0.1, -0.05) is 0 Å². The van der Waals surface area contributed by atoms with Gasteiger partial charge < -0.3 is 15.5 Å². The minimum absolute atomic E-state index is 0.258. The predicted molar refractivity (Wildman–Crippen MR) is 82.6 cm³/mol. The molecule has 0 aliphatic heterocycles. The molecule has 1 aromatic heterocycles. The quantitative estimate of drug-likeness (QED) is 0.849. The maximum Gasteiger partial charge on any atom is 0.270 e. The van der Waals surface area contributed by atoms with E-state index >= 15 is 0 Å². The largest absolute Gasteiger partial charge is 0.349 e. The van der Waals surface area contributed by atoms with Gasteiger partial charge in [-0.15, -0.1) is 0 Å². The zero-order valence-corrected chi connectivity index (χ0v) is 12.5. The van der Waals surface area contributed by atoms with E-state index < -0.39 is 0 Å². The molecule has 1 aromatic carbocycles. The Morgan fingerprint density at radius 2 is 1.95 bits per heavy atom. The van der Waals surface area contributed by atoms with Crippen LogP contribution >= 0.6 is 0 Å². The number of hydrogen-bond acceptors (Lipinski definition) is 5. The van der Waals surface area contributed by atoms with Gasteiger partial charge in [-0.05, 0) is 44.4 Å². The minimum Gasteiger partial charge on any atom is -0.349 e. The number of anilines is 2. The summed E-state index contributed by atoms with van der Waals surface area (Å²) in [5, 5.41) is 5.70. The van der Waals surface area contributed by atoms with Crippen LogP contribution in [0.15, 0.2) is 36.5 Å². The average molecular weight is 303 g/mol. The van der Waals surface area contributed by atoms with Crippen molar-refractivity contribution in [1.82, 2.24) is 20.2 Å². The molecule has 0 aliphatic carbocycles. The minimum atomic E-state index is -0.319. The zero-order chi connectivity index (χ0) is 15.9. The van der Waals surface area contributed by atoms with Gasteiger partial charge in [0, 0.05) is 25.0 Å². The fourth-order valence-corrected chi connectivity index (χ4v) is 1.69. The van der Waals surface area contributed by atoms with E-state index in [0.717, 1.165) is 6.54 Å². The molecule has 0 bridgehead atoms. The number of rotatable bonds is 6. The molecule has 2 rings (SSSR count). The summed E-state index contributed by atoms with van der Waals surface area (Å²) in [5.41, 5.74) is 0.921. The highest BCUT2D eigenvalue weighted by atomic mass is 19.1. The molecular weight excluding hydrogens is 285 g/mol. The highest BCUT2D eigenvalue weighted by molar-refractivity contribution is 5.92. The molecule has 0 saturated carbocycles. The number of benzene rings is 1. The first kappa shape index (κ1) is 15.8. The van der Waals surface area contributed by atoms with Gasteiger partial charge in [-0.25, -0.2) is 14.4 Å². The summed E-state index contributed by atoms with van der Waals surface area (Å²) in [6, 6.07) is 7.35. The van der Waals surface area contributed by atoms with E-state index in [1.165, 1.54) is 18.3 Å². The smallest absolute Gasteiger partial charge is 0.270 e. The molecule has 0 saturated heterocycles. The second-order valence-electron chi connectivity index (χ2n) is 4.96. The Bertz CT molecular complexity index is 630. The molecule has 2 aromatic rings. The zero-order valence-electron chi connectivity index (χ0n) is 12.5. The van der Waals surface area contributed by atoms with E-state index in [0.29, 0.717) is 12.2 Å². The van der Waals surface area contributed by atoms with E-state index in [1.54, 1.807) is 18.2 Å². The second kappa shape index (κ2) is 7.46. The van der Waals surface area contributed by atoms with Gasteiger partial charge in [0.25, 0.3) is 5.91 Å². The van der Waals surface area contributed by atoms with Crippen molar-refractivity contribution in [3.8, 4) is 0 Å². The summed E-state index contributed by atoms with van der Waals surface area (Å²) in [7, 11) is 3.86. The van der Waals surface area contributed by atoms with Gasteiger partial charge in [-0.2, -0.15) is 0 Å². The van der Waals surface area contributed by atoms with Crippen molar-refractivity contribution < 1.29 is 9.18 Å². The number of nitrogens with zero attached hydrogens (tertiary/aromatic N) is 3. The lowest BCUT2D eigenvalue weighted by Crippen LogP contribution is -2.31. The number of carbonyl (C=O) groups is 1. The topological polar surface area (TPSA) is 70.2 Å². The van der Waals surface area contributed by atoms with E-state index in [4.69, 9.17) is 0 Å². The molecule has 6 nitrogen and oxygen atoms in total. The summed E-state index contributed by atoms with van der Waals surface area (Å²) in [6.07, 6.45) is 1.50. The summed E-state index contributed by atoms with van der Waals surface area (Å²) in [6.45, 7) is 1.29. The first-order valence-corrected chi connectivity index (χ1v) is 6.83. The van der Waals surface area contributed by atoms with E-state index in [2.05, 4.69) is 20.6 Å². The summed E-state index contributed by atoms with van der Waals surface area (Å²) in [5.74, 6) is -0.293. The van der Waals surface area contributed by atoms with Crippen molar-refractivity contribution in [1.29, 1.82) is 0 Å². The van der Waals surface area contributed by atoms with Crippen LogP contribution < -0.4 is 10.6 Å². The molecule has 1 amide bonds. The summed E-state index contributed by atoms with van der Waals surface area (Å²) in [4.78, 5) is 22.1. The van der Waals surface area contributed by atoms with Crippen LogP contribution in [-0.4, -0.2) is 48.0 Å². The van der Waals surface area contributed by atoms with Crippen LogP contribution in [0.2, 0.25) is 0 Å². The van der Waals surface area contributed by atoms with Gasteiger partial charge in [0.05, 0.1) is 0 Å². The molecule has 1 heterocycles. The standard InChI is InChI=1S/C15H18FN5O/c1-21(2)10-9-17-14(22)13-7-8-18-15(20-13)19-12-5-3-11(16)4-6-12/h3-8H,9-10H2,1-2H3,(H,17,22)(H,18,19,20). The number of nitrogens with one attached hydrogen (secondary N) is 2. The number of hydrogen-bond donors (Lipinski definition) is 2. The lowest BCUT2D eigenvalue weighted by atomic mass is 10.3. The molecule has 22 heavy (non-hydrogen) atoms. The van der Waals surface area contributed by atoms with Crippen molar-refractivity contribution in [2.24, 2.45) is 0 Å². The Labute approximate surface area is 128 Å². The third-order valence-electron chi connectivity index (χ3n) is 2.83. The maximum atomic E-state index is 12.9. The summed E-state index contributed by atoms with van der Waals surface area (Å²) < 4.78 is 12.9. The van der Waals surface area contributed by atoms with Crippen LogP contribution in [0.25, 0.3) is 0 Å². The molecular formula is C15H18FN5O. The van der Waals surface area contributed by atoms with Crippen LogP contribution in [-0.2, 0) is 0 Å². The number of aromatic nitrogens is 2. The van der Waals surface area contributed by atoms with Crippen molar-refractivity contribution in [2.45, 2.75) is 0 Å². The van der Waals surface area contributed by atoms with E-state index in [9.17, 15) is 9.18 Å². The molecule has 0 fully saturated rings. The van der Waals surface area contributed by atoms with Crippen LogP contribution in [0.1, 0.15) is 10.5 Å². The van der Waals surface area contributed by atoms with E-state index in [-0.39, 0.29) is 23.4 Å². The lowest BCUT2D eigenvalue weighted by molar-refractivity contribution is 0.0946. The highest BCUT2D eigenvalue weighted by Crippen LogP contribution is 2.13. The van der Waals surface area contributed by atoms with Gasteiger partial charge in [0.2, 0.25) is 5.95 Å². The summed E-state index contributed by atoms with van der Waals surface area (Å²) >= 11 is 0. The fourth-order valence-electron chi connectivity index (χ4n) is 1.69.